The van der Waals surface area contributed by atoms with E-state index in [1.165, 1.54) is 5.56 Å². The molecule has 1 aromatic rings. The molecular weight excluding hydrogens is 202 g/mol. The molecular formula is C13H15NO2. The van der Waals surface area contributed by atoms with Crippen LogP contribution in [0.3, 0.4) is 0 Å². The molecule has 2 bridgehead atoms. The lowest BCUT2D eigenvalue weighted by molar-refractivity contribution is -0.122. The van der Waals surface area contributed by atoms with Gasteiger partial charge >= 0.3 is 0 Å². The SMILES string of the molecule is O=C1CC2COCC1N2Cc1ccccc1. The topological polar surface area (TPSA) is 29.5 Å². The zero-order valence-corrected chi connectivity index (χ0v) is 9.13. The van der Waals surface area contributed by atoms with Crippen molar-refractivity contribution in [3.8, 4) is 0 Å². The van der Waals surface area contributed by atoms with Crippen LogP contribution in [-0.2, 0) is 16.1 Å². The van der Waals surface area contributed by atoms with E-state index in [2.05, 4.69) is 17.0 Å². The highest BCUT2D eigenvalue weighted by molar-refractivity contribution is 5.87. The van der Waals surface area contributed by atoms with Gasteiger partial charge in [-0.2, -0.15) is 0 Å². The van der Waals surface area contributed by atoms with Gasteiger partial charge in [-0.1, -0.05) is 30.3 Å². The Morgan fingerprint density at radius 1 is 1.25 bits per heavy atom. The number of ketones is 1. The van der Waals surface area contributed by atoms with Crippen LogP contribution < -0.4 is 0 Å². The Hall–Kier alpha value is -1.19. The largest absolute Gasteiger partial charge is 0.378 e. The van der Waals surface area contributed by atoms with Gasteiger partial charge in [-0.25, -0.2) is 0 Å². The highest BCUT2D eigenvalue weighted by Crippen LogP contribution is 2.27. The summed E-state index contributed by atoms with van der Waals surface area (Å²) in [5, 5.41) is 0. The van der Waals surface area contributed by atoms with Crippen LogP contribution in [0.25, 0.3) is 0 Å². The number of carbonyl (C=O) groups is 1. The van der Waals surface area contributed by atoms with Gasteiger partial charge in [0, 0.05) is 19.0 Å². The molecule has 0 aromatic heterocycles. The number of benzene rings is 1. The van der Waals surface area contributed by atoms with Crippen molar-refractivity contribution in [2.75, 3.05) is 13.2 Å². The Morgan fingerprint density at radius 3 is 2.81 bits per heavy atom. The molecule has 0 radical (unpaired) electrons. The number of fused-ring (bicyclic) bond motifs is 2. The summed E-state index contributed by atoms with van der Waals surface area (Å²) in [6.45, 7) is 2.14. The van der Waals surface area contributed by atoms with Gasteiger partial charge in [-0.3, -0.25) is 9.69 Å². The van der Waals surface area contributed by atoms with Crippen molar-refractivity contribution in [1.82, 2.24) is 4.90 Å². The fourth-order valence-corrected chi connectivity index (χ4v) is 2.62. The van der Waals surface area contributed by atoms with Gasteiger partial charge in [-0.05, 0) is 5.56 Å². The van der Waals surface area contributed by atoms with Crippen LogP contribution in [0, 0.1) is 0 Å². The molecule has 0 saturated carbocycles. The summed E-state index contributed by atoms with van der Waals surface area (Å²) < 4.78 is 5.43. The zero-order chi connectivity index (χ0) is 11.0. The van der Waals surface area contributed by atoms with E-state index in [0.29, 0.717) is 31.5 Å². The summed E-state index contributed by atoms with van der Waals surface area (Å²) >= 11 is 0. The Kier molecular flexibility index (Phi) is 2.50. The highest BCUT2D eigenvalue weighted by atomic mass is 16.5. The van der Waals surface area contributed by atoms with E-state index in [-0.39, 0.29) is 6.04 Å². The van der Waals surface area contributed by atoms with Crippen molar-refractivity contribution in [3.05, 3.63) is 35.9 Å². The Balaban J connectivity index is 1.78. The van der Waals surface area contributed by atoms with Gasteiger partial charge in [0.05, 0.1) is 19.3 Å². The normalized spacial score (nSPS) is 29.6. The number of carbonyl (C=O) groups excluding carboxylic acids is 1. The first-order valence-corrected chi connectivity index (χ1v) is 5.75. The lowest BCUT2D eigenvalue weighted by Gasteiger charge is -2.33. The molecule has 16 heavy (non-hydrogen) atoms. The van der Waals surface area contributed by atoms with E-state index < -0.39 is 0 Å². The molecule has 0 amide bonds. The third-order valence-corrected chi connectivity index (χ3v) is 3.47. The lowest BCUT2D eigenvalue weighted by atomic mass is 10.1. The Labute approximate surface area is 95.0 Å². The molecule has 2 aliphatic rings. The van der Waals surface area contributed by atoms with Crippen LogP contribution in [0.5, 0.6) is 0 Å². The summed E-state index contributed by atoms with van der Waals surface area (Å²) in [7, 11) is 0. The van der Waals surface area contributed by atoms with Crippen LogP contribution in [0.1, 0.15) is 12.0 Å². The van der Waals surface area contributed by atoms with Crippen LogP contribution in [0.4, 0.5) is 0 Å². The van der Waals surface area contributed by atoms with Crippen molar-refractivity contribution in [3.63, 3.8) is 0 Å². The Bertz CT molecular complexity index is 390. The summed E-state index contributed by atoms with van der Waals surface area (Å²) in [6, 6.07) is 10.6. The van der Waals surface area contributed by atoms with Gasteiger partial charge < -0.3 is 4.74 Å². The molecule has 2 atom stereocenters. The number of Topliss-reactive ketones (excluding diaryl/α,β-unsaturated/α-hetero) is 1. The molecule has 0 N–H and O–H groups in total. The zero-order valence-electron chi connectivity index (χ0n) is 9.13. The summed E-state index contributed by atoms with van der Waals surface area (Å²) in [6.07, 6.45) is 0.664. The second-order valence-electron chi connectivity index (χ2n) is 4.54. The van der Waals surface area contributed by atoms with Crippen molar-refractivity contribution < 1.29 is 9.53 Å². The van der Waals surface area contributed by atoms with Gasteiger partial charge in [0.15, 0.2) is 5.78 Å². The van der Waals surface area contributed by atoms with Crippen molar-refractivity contribution in [1.29, 1.82) is 0 Å². The van der Waals surface area contributed by atoms with E-state index in [0.717, 1.165) is 6.54 Å². The van der Waals surface area contributed by atoms with Crippen LogP contribution in [0.15, 0.2) is 30.3 Å². The predicted octanol–water partition coefficient (Wildman–Crippen LogP) is 1.23. The van der Waals surface area contributed by atoms with Gasteiger partial charge in [0.2, 0.25) is 0 Å². The molecule has 2 heterocycles. The van der Waals surface area contributed by atoms with Crippen LogP contribution >= 0.6 is 0 Å². The van der Waals surface area contributed by atoms with Crippen molar-refractivity contribution in [2.45, 2.75) is 25.0 Å². The fourth-order valence-electron chi connectivity index (χ4n) is 2.62. The van der Waals surface area contributed by atoms with Crippen molar-refractivity contribution in [2.24, 2.45) is 0 Å². The molecule has 2 fully saturated rings. The minimum absolute atomic E-state index is 0.000967. The third-order valence-electron chi connectivity index (χ3n) is 3.47. The van der Waals surface area contributed by atoms with E-state index >= 15 is 0 Å². The van der Waals surface area contributed by atoms with Gasteiger partial charge in [-0.15, -0.1) is 0 Å². The quantitative estimate of drug-likeness (QED) is 0.746. The standard InChI is InChI=1S/C13H15NO2/c15-13-6-11-8-16-9-12(13)14(11)7-10-4-2-1-3-5-10/h1-5,11-12H,6-9H2. The number of nitrogens with zero attached hydrogens (tertiary/aromatic N) is 1. The number of hydrogen-bond acceptors (Lipinski definition) is 3. The first-order valence-electron chi connectivity index (χ1n) is 5.75. The summed E-state index contributed by atoms with van der Waals surface area (Å²) in [4.78, 5) is 14.0. The predicted molar refractivity (Wildman–Crippen MR) is 60.0 cm³/mol. The summed E-state index contributed by atoms with van der Waals surface area (Å²) in [5.41, 5.74) is 1.27. The molecule has 2 saturated heterocycles. The molecule has 3 heteroatoms. The minimum atomic E-state index is -0.000967. The maximum Gasteiger partial charge on any atom is 0.153 e. The average molecular weight is 217 g/mol. The van der Waals surface area contributed by atoms with E-state index in [1.54, 1.807) is 0 Å². The summed E-state index contributed by atoms with van der Waals surface area (Å²) in [5.74, 6) is 0.346. The number of rotatable bonds is 2. The molecule has 84 valence electrons. The molecule has 2 unspecified atom stereocenters. The average Bonchev–Trinajstić information content (AvgIpc) is 2.49. The third kappa shape index (κ3) is 1.66. The van der Waals surface area contributed by atoms with Gasteiger partial charge in [0.25, 0.3) is 0 Å². The van der Waals surface area contributed by atoms with Crippen molar-refractivity contribution >= 4 is 5.78 Å². The molecule has 3 nitrogen and oxygen atoms in total. The second kappa shape index (κ2) is 4.00. The molecule has 1 aromatic carbocycles. The number of hydrogen-bond donors (Lipinski definition) is 0. The number of ether oxygens (including phenoxy) is 1. The smallest absolute Gasteiger partial charge is 0.153 e. The van der Waals surface area contributed by atoms with Crippen LogP contribution in [-0.4, -0.2) is 36.0 Å². The molecule has 2 aliphatic heterocycles. The maximum atomic E-state index is 11.7. The monoisotopic (exact) mass is 217 g/mol. The maximum absolute atomic E-state index is 11.7. The number of morpholine rings is 1. The van der Waals surface area contributed by atoms with E-state index in [9.17, 15) is 4.79 Å². The molecule has 0 aliphatic carbocycles. The first-order chi connectivity index (χ1) is 7.84. The lowest BCUT2D eigenvalue weighted by Crippen LogP contribution is -2.46. The second-order valence-corrected chi connectivity index (χ2v) is 4.54. The first kappa shape index (κ1) is 10.00. The van der Waals surface area contributed by atoms with Crippen LogP contribution in [0.2, 0.25) is 0 Å². The Morgan fingerprint density at radius 2 is 2.06 bits per heavy atom. The minimum Gasteiger partial charge on any atom is -0.378 e. The molecule has 3 rings (SSSR count). The fraction of sp³-hybridized carbons (Fsp3) is 0.462. The molecule has 0 spiro atoms. The van der Waals surface area contributed by atoms with Gasteiger partial charge in [0.1, 0.15) is 0 Å². The van der Waals surface area contributed by atoms with E-state index in [4.69, 9.17) is 4.74 Å². The van der Waals surface area contributed by atoms with E-state index in [1.807, 2.05) is 18.2 Å². The highest BCUT2D eigenvalue weighted by Gasteiger charge is 2.43.